The molecule has 0 bridgehead atoms. The Morgan fingerprint density at radius 2 is 1.85 bits per heavy atom. The lowest BCUT2D eigenvalue weighted by atomic mass is 9.92. The van der Waals surface area contributed by atoms with E-state index in [1.54, 1.807) is 4.57 Å². The summed E-state index contributed by atoms with van der Waals surface area (Å²) < 4.78 is 37.7. The van der Waals surface area contributed by atoms with Gasteiger partial charge in [0.25, 0.3) is 5.56 Å². The first-order valence-corrected chi connectivity index (χ1v) is 17.9. The highest BCUT2D eigenvalue weighted by Gasteiger charge is 2.56. The number of nitrogens with zero attached hydrogens (tertiary/aromatic N) is 7. The Labute approximate surface area is 300 Å². The lowest BCUT2D eigenvalue weighted by Crippen LogP contribution is -2.45. The number of aliphatic hydroxyl groups is 1. The fourth-order valence-electron chi connectivity index (χ4n) is 7.91. The third-order valence-electron chi connectivity index (χ3n) is 10.4. The molecule has 12 nitrogen and oxygen atoms in total. The molecule has 6 aromatic rings. The van der Waals surface area contributed by atoms with Crippen molar-refractivity contribution in [1.82, 2.24) is 34.5 Å². The number of aromatic nitrogens is 5. The number of nitrogen functional groups attached to an aromatic ring is 1. The van der Waals surface area contributed by atoms with Crippen molar-refractivity contribution in [2.45, 2.75) is 24.7 Å². The van der Waals surface area contributed by atoms with Gasteiger partial charge in [-0.2, -0.15) is 5.10 Å². The second kappa shape index (κ2) is 12.8. The fourth-order valence-corrected chi connectivity index (χ4v) is 8.88. The maximum atomic E-state index is 14.9. The van der Waals surface area contributed by atoms with Crippen LogP contribution in [-0.4, -0.2) is 73.1 Å². The molecule has 15 heteroatoms. The largest absolute Gasteiger partial charge is 0.490 e. The minimum Gasteiger partial charge on any atom is -0.490 e. The van der Waals surface area contributed by atoms with E-state index in [0.717, 1.165) is 47.2 Å². The number of hydrogen-bond acceptors (Lipinski definition) is 11. The lowest BCUT2D eigenvalue weighted by Gasteiger charge is -2.34. The molecule has 1 saturated carbocycles. The molecule has 0 spiro atoms. The summed E-state index contributed by atoms with van der Waals surface area (Å²) >= 11 is 1.50. The third kappa shape index (κ3) is 5.88. The first kappa shape index (κ1) is 32.7. The van der Waals surface area contributed by atoms with Gasteiger partial charge in [0.1, 0.15) is 47.1 Å². The molecule has 5 heterocycles. The number of thiophene rings is 1. The quantitative estimate of drug-likeness (QED) is 0.190. The summed E-state index contributed by atoms with van der Waals surface area (Å²) in [7, 11) is 0. The van der Waals surface area contributed by atoms with Crippen molar-refractivity contribution in [1.29, 1.82) is 0 Å². The Morgan fingerprint density at radius 1 is 1.02 bits per heavy atom. The van der Waals surface area contributed by atoms with Crippen molar-refractivity contribution >= 4 is 38.9 Å². The van der Waals surface area contributed by atoms with Crippen molar-refractivity contribution in [3.05, 3.63) is 118 Å². The van der Waals surface area contributed by atoms with Gasteiger partial charge in [0, 0.05) is 54.4 Å². The first-order valence-electron chi connectivity index (χ1n) is 17.1. The lowest BCUT2D eigenvalue weighted by molar-refractivity contribution is -0.0193. The summed E-state index contributed by atoms with van der Waals surface area (Å²) in [6.45, 7) is 3.39. The number of benzene rings is 3. The number of para-hydroxylation sites is 1. The first-order chi connectivity index (χ1) is 25.2. The smallest absolute Gasteiger partial charge is 0.298 e. The average molecular weight is 724 g/mol. The number of hydrogen-bond donors (Lipinski definition) is 3. The van der Waals surface area contributed by atoms with Crippen LogP contribution >= 0.6 is 11.3 Å². The molecule has 2 fully saturated rings. The molecule has 266 valence electrons. The van der Waals surface area contributed by atoms with E-state index >= 15 is 0 Å². The maximum absolute atomic E-state index is 14.9. The third-order valence-corrected chi connectivity index (χ3v) is 11.4. The zero-order valence-electron chi connectivity index (χ0n) is 27.9. The van der Waals surface area contributed by atoms with Crippen LogP contribution in [0.4, 0.5) is 26.0 Å². The number of fused-ring (bicyclic) bond motifs is 3. The standard InChI is InChI=1S/C37H35F2N9O3S/c38-22-6-8-28(29(39)12-22)37(50,19-46-21-41-20-43-46)18-45-16-26-27(17-45)33(26)42-15-25-14-31-35(52-25)44-34(40)36(49)48(31)24-7-9-32-30(13-24)47(10-11-51-32)23-4-2-1-3-5-23/h1-9,12-14,20-21,26-27,33,42,50H,10-11,15-19H2,(H2,40,44)/t26-,27+,33?,37-/m0/s1. The highest BCUT2D eigenvalue weighted by Crippen LogP contribution is 2.47. The van der Waals surface area contributed by atoms with Crippen molar-refractivity contribution in [3.63, 3.8) is 0 Å². The summed E-state index contributed by atoms with van der Waals surface area (Å²) in [4.78, 5) is 27.9. The van der Waals surface area contributed by atoms with Gasteiger partial charge in [0.2, 0.25) is 0 Å². The van der Waals surface area contributed by atoms with Crippen molar-refractivity contribution in [3.8, 4) is 11.4 Å². The molecule has 1 saturated heterocycles. The van der Waals surface area contributed by atoms with E-state index < -0.39 is 17.2 Å². The number of nitrogens with two attached hydrogens (primary N) is 1. The van der Waals surface area contributed by atoms with Crippen LogP contribution in [0.2, 0.25) is 0 Å². The van der Waals surface area contributed by atoms with Crippen LogP contribution in [0.3, 0.4) is 0 Å². The van der Waals surface area contributed by atoms with Gasteiger partial charge in [0.05, 0.1) is 30.0 Å². The van der Waals surface area contributed by atoms with Gasteiger partial charge in [-0.25, -0.2) is 23.4 Å². The highest BCUT2D eigenvalue weighted by molar-refractivity contribution is 7.18. The second-order valence-electron chi connectivity index (χ2n) is 13.7. The van der Waals surface area contributed by atoms with E-state index in [1.807, 2.05) is 42.5 Å². The second-order valence-corrected chi connectivity index (χ2v) is 14.8. The number of ether oxygens (including phenoxy) is 1. The Morgan fingerprint density at radius 3 is 2.62 bits per heavy atom. The molecule has 0 amide bonds. The summed E-state index contributed by atoms with van der Waals surface area (Å²) in [5.41, 5.74) is 7.44. The summed E-state index contributed by atoms with van der Waals surface area (Å²) in [6.07, 6.45) is 2.82. The van der Waals surface area contributed by atoms with Crippen LogP contribution in [0.15, 0.2) is 90.2 Å². The van der Waals surface area contributed by atoms with Gasteiger partial charge < -0.3 is 25.8 Å². The van der Waals surface area contributed by atoms with Crippen molar-refractivity contribution < 1.29 is 18.6 Å². The normalized spacial score (nSPS) is 20.8. The zero-order chi connectivity index (χ0) is 35.6. The Kier molecular flexibility index (Phi) is 8.02. The predicted octanol–water partition coefficient (Wildman–Crippen LogP) is 4.04. The number of β-amino-alcohol motifs (C(OH)–C–C–N with tert-alkyl or cyclic N) is 1. The van der Waals surface area contributed by atoms with E-state index in [2.05, 4.69) is 42.3 Å². The molecule has 3 aromatic heterocycles. The van der Waals surface area contributed by atoms with Crippen LogP contribution in [0.5, 0.6) is 5.75 Å². The number of rotatable bonds is 10. The SMILES string of the molecule is Nc1nc2sc(CNC3[C@H]4CN(C[C@](O)(Cn5cncn5)c5ccc(F)cc5F)C[C@@H]34)cc2n(-c2ccc3c(c2)N(c2ccccc2)CCO3)c1=O. The minimum atomic E-state index is -1.64. The van der Waals surface area contributed by atoms with Crippen LogP contribution in [0.1, 0.15) is 10.4 Å². The van der Waals surface area contributed by atoms with Gasteiger partial charge in [-0.1, -0.05) is 24.3 Å². The van der Waals surface area contributed by atoms with E-state index in [1.165, 1.54) is 34.7 Å². The number of piperidine rings is 1. The highest BCUT2D eigenvalue weighted by atomic mass is 32.1. The van der Waals surface area contributed by atoms with Gasteiger partial charge >= 0.3 is 0 Å². The molecule has 2 aliphatic heterocycles. The molecular weight excluding hydrogens is 689 g/mol. The average Bonchev–Trinajstić information content (AvgIpc) is 3.58. The number of halogens is 2. The Balaban J connectivity index is 0.905. The van der Waals surface area contributed by atoms with Crippen LogP contribution in [-0.2, 0) is 18.7 Å². The molecular formula is C37H35F2N9O3S. The van der Waals surface area contributed by atoms with E-state index in [9.17, 15) is 18.7 Å². The maximum Gasteiger partial charge on any atom is 0.298 e. The molecule has 9 rings (SSSR count). The molecule has 3 aliphatic rings. The van der Waals surface area contributed by atoms with Gasteiger partial charge in [-0.15, -0.1) is 11.3 Å². The van der Waals surface area contributed by atoms with Crippen LogP contribution < -0.4 is 26.2 Å². The van der Waals surface area contributed by atoms with E-state index in [-0.39, 0.29) is 36.1 Å². The summed E-state index contributed by atoms with van der Waals surface area (Å²) in [5.74, 6) is -0.0991. The van der Waals surface area contributed by atoms with Gasteiger partial charge in [-0.3, -0.25) is 14.3 Å². The van der Waals surface area contributed by atoms with Crippen molar-refractivity contribution in [2.24, 2.45) is 11.8 Å². The van der Waals surface area contributed by atoms with Gasteiger partial charge in [0.15, 0.2) is 5.82 Å². The van der Waals surface area contributed by atoms with E-state index in [0.29, 0.717) is 47.6 Å². The molecule has 1 unspecified atom stereocenters. The molecule has 0 radical (unpaired) electrons. The van der Waals surface area contributed by atoms with E-state index in [4.69, 9.17) is 10.5 Å². The number of anilines is 3. The number of likely N-dealkylation sites (tertiary alicyclic amines) is 1. The molecule has 4 atom stereocenters. The summed E-state index contributed by atoms with van der Waals surface area (Å²) in [6, 6.07) is 21.3. The summed E-state index contributed by atoms with van der Waals surface area (Å²) in [5, 5.41) is 19.6. The Hall–Kier alpha value is -5.22. The topological polar surface area (TPSA) is 140 Å². The monoisotopic (exact) mass is 723 g/mol. The molecule has 3 aromatic carbocycles. The van der Waals surface area contributed by atoms with Crippen molar-refractivity contribution in [2.75, 3.05) is 43.4 Å². The minimum absolute atomic E-state index is 0.0226. The molecule has 52 heavy (non-hydrogen) atoms. The van der Waals surface area contributed by atoms with Crippen LogP contribution in [0.25, 0.3) is 16.0 Å². The zero-order valence-corrected chi connectivity index (χ0v) is 28.7. The predicted molar refractivity (Wildman–Crippen MR) is 193 cm³/mol. The Bertz CT molecular complexity index is 2320. The number of nitrogens with one attached hydrogen (secondary N) is 1. The van der Waals surface area contributed by atoms with Gasteiger partial charge in [-0.05, 0) is 54.3 Å². The fraction of sp³-hybridized carbons (Fsp3) is 0.297. The molecule has 1 aliphatic carbocycles. The van der Waals surface area contributed by atoms with Crippen LogP contribution in [0, 0.1) is 23.5 Å². The molecule has 4 N–H and O–H groups in total.